The summed E-state index contributed by atoms with van der Waals surface area (Å²) < 4.78 is 21.4. The molecule has 0 radical (unpaired) electrons. The molecule has 3 aromatic rings. The summed E-state index contributed by atoms with van der Waals surface area (Å²) >= 11 is -2.24. The second-order valence-corrected chi connectivity index (χ2v) is 7.28. The Balaban J connectivity index is 1.73. The van der Waals surface area contributed by atoms with Crippen molar-refractivity contribution in [2.75, 3.05) is 21.8 Å². The molecule has 0 aliphatic carbocycles. The Morgan fingerprint density at radius 3 is 2.47 bits per heavy atom. The fraction of sp³-hybridized carbons (Fsp3) is 0.0952. The first-order valence-electron chi connectivity index (χ1n) is 8.95. The van der Waals surface area contributed by atoms with Gasteiger partial charge in [0.05, 0.1) is 17.8 Å². The predicted molar refractivity (Wildman–Crippen MR) is 115 cm³/mol. The van der Waals surface area contributed by atoms with Crippen molar-refractivity contribution in [3.05, 3.63) is 83.7 Å². The highest BCUT2D eigenvalue weighted by molar-refractivity contribution is 7.79. The zero-order chi connectivity index (χ0) is 21.5. The maximum atomic E-state index is 12.6. The quantitative estimate of drug-likeness (QED) is 0.502. The number of aryl methyl sites for hydroxylation is 1. The minimum atomic E-state index is -2.24. The highest BCUT2D eigenvalue weighted by Crippen LogP contribution is 2.19. The lowest BCUT2D eigenvalue weighted by atomic mass is 10.1. The van der Waals surface area contributed by atoms with E-state index in [2.05, 4.69) is 20.9 Å². The van der Waals surface area contributed by atoms with E-state index < -0.39 is 11.1 Å². The van der Waals surface area contributed by atoms with E-state index in [0.29, 0.717) is 28.2 Å². The highest BCUT2D eigenvalue weighted by atomic mass is 32.2. The molecule has 2 amide bonds. The Bertz CT molecular complexity index is 1090. The molecule has 2 aromatic carbocycles. The zero-order valence-corrected chi connectivity index (χ0v) is 16.9. The molecule has 9 heteroatoms. The van der Waals surface area contributed by atoms with Gasteiger partial charge in [-0.2, -0.15) is 0 Å². The molecule has 1 aromatic heterocycles. The molecule has 0 bridgehead atoms. The normalized spacial score (nSPS) is 11.4. The van der Waals surface area contributed by atoms with Crippen molar-refractivity contribution < 1.29 is 18.4 Å². The topological polar surface area (TPSA) is 123 Å². The van der Waals surface area contributed by atoms with Crippen LogP contribution in [-0.4, -0.2) is 31.4 Å². The van der Waals surface area contributed by atoms with Crippen molar-refractivity contribution in [3.63, 3.8) is 0 Å². The Morgan fingerprint density at radius 2 is 1.73 bits per heavy atom. The first-order valence-corrected chi connectivity index (χ1v) is 10.2. The van der Waals surface area contributed by atoms with Crippen LogP contribution in [0.3, 0.4) is 0 Å². The highest BCUT2D eigenvalue weighted by Gasteiger charge is 2.13. The SMILES string of the molecule is Cc1ccc(NC(=O)c2cccc(NCS(=O)[O-])c2)cc1C(=O)Nc1cccnc1. The number of hydrogen-bond donors (Lipinski definition) is 3. The average molecular weight is 423 g/mol. The molecule has 8 nitrogen and oxygen atoms in total. The molecule has 1 heterocycles. The monoisotopic (exact) mass is 423 g/mol. The van der Waals surface area contributed by atoms with Crippen LogP contribution in [0.15, 0.2) is 67.0 Å². The number of nitrogens with zero attached hydrogens (tertiary/aromatic N) is 1. The summed E-state index contributed by atoms with van der Waals surface area (Å²) in [7, 11) is 0. The van der Waals surface area contributed by atoms with Crippen LogP contribution in [0.25, 0.3) is 0 Å². The second kappa shape index (κ2) is 9.77. The van der Waals surface area contributed by atoms with E-state index in [9.17, 15) is 18.4 Å². The van der Waals surface area contributed by atoms with Crippen LogP contribution < -0.4 is 16.0 Å². The summed E-state index contributed by atoms with van der Waals surface area (Å²) in [5.41, 5.74) is 3.06. The Morgan fingerprint density at radius 1 is 0.967 bits per heavy atom. The number of amides is 2. The van der Waals surface area contributed by atoms with Crippen molar-refractivity contribution in [2.45, 2.75) is 6.92 Å². The number of anilines is 3. The van der Waals surface area contributed by atoms with Crippen molar-refractivity contribution in [1.82, 2.24) is 4.98 Å². The maximum Gasteiger partial charge on any atom is 0.256 e. The number of rotatable bonds is 7. The van der Waals surface area contributed by atoms with Crippen molar-refractivity contribution >= 4 is 40.0 Å². The van der Waals surface area contributed by atoms with Crippen molar-refractivity contribution in [3.8, 4) is 0 Å². The third-order valence-electron chi connectivity index (χ3n) is 4.18. The van der Waals surface area contributed by atoms with Crippen LogP contribution in [0.1, 0.15) is 26.3 Å². The Labute approximate surface area is 176 Å². The molecule has 0 saturated heterocycles. The van der Waals surface area contributed by atoms with Gasteiger partial charge in [-0.15, -0.1) is 0 Å². The van der Waals surface area contributed by atoms with Gasteiger partial charge in [0.2, 0.25) is 0 Å². The van der Waals surface area contributed by atoms with Crippen LogP contribution in [0.4, 0.5) is 17.1 Å². The van der Waals surface area contributed by atoms with Gasteiger partial charge in [0.1, 0.15) is 0 Å². The smallest absolute Gasteiger partial charge is 0.256 e. The van der Waals surface area contributed by atoms with Gasteiger partial charge in [-0.3, -0.25) is 18.8 Å². The van der Waals surface area contributed by atoms with Crippen LogP contribution in [0.5, 0.6) is 0 Å². The number of aromatic nitrogens is 1. The fourth-order valence-corrected chi connectivity index (χ4v) is 2.98. The molecular formula is C21H19N4O4S-. The first-order chi connectivity index (χ1) is 14.4. The lowest BCUT2D eigenvalue weighted by Gasteiger charge is -2.12. The molecule has 30 heavy (non-hydrogen) atoms. The summed E-state index contributed by atoms with van der Waals surface area (Å²) in [6.45, 7) is 1.80. The predicted octanol–water partition coefficient (Wildman–Crippen LogP) is 3.14. The lowest BCUT2D eigenvalue weighted by Crippen LogP contribution is -2.16. The minimum Gasteiger partial charge on any atom is -0.771 e. The fourth-order valence-electron chi connectivity index (χ4n) is 2.70. The minimum absolute atomic E-state index is 0.252. The molecule has 1 unspecified atom stereocenters. The number of carbonyl (C=O) groups excluding carboxylic acids is 2. The number of carbonyl (C=O) groups is 2. The van der Waals surface area contributed by atoms with E-state index in [4.69, 9.17) is 0 Å². The number of pyridine rings is 1. The van der Waals surface area contributed by atoms with E-state index >= 15 is 0 Å². The molecule has 0 spiro atoms. The second-order valence-electron chi connectivity index (χ2n) is 6.39. The van der Waals surface area contributed by atoms with Gasteiger partial charge in [-0.1, -0.05) is 12.1 Å². The standard InChI is InChI=1S/C21H20N4O4S/c1-14-7-8-17(11-19(14)21(27)25-18-6-3-9-22-12-18)24-20(26)15-4-2-5-16(10-15)23-13-30(28)29/h2-12,23H,13H2,1H3,(H,24,26)(H,25,27)(H,28,29)/p-1. The first kappa shape index (κ1) is 21.2. The molecule has 0 saturated carbocycles. The molecular weight excluding hydrogens is 404 g/mol. The van der Waals surface area contributed by atoms with Crippen LogP contribution in [0, 0.1) is 6.92 Å². The van der Waals surface area contributed by atoms with E-state index in [1.165, 1.54) is 0 Å². The van der Waals surface area contributed by atoms with E-state index in [-0.39, 0.29) is 17.7 Å². The third kappa shape index (κ3) is 5.72. The van der Waals surface area contributed by atoms with Gasteiger partial charge in [-0.05, 0) is 66.0 Å². The van der Waals surface area contributed by atoms with E-state index in [0.717, 1.165) is 5.56 Å². The average Bonchev–Trinajstić information content (AvgIpc) is 2.74. The summed E-state index contributed by atoms with van der Waals surface area (Å²) in [5, 5.41) is 8.23. The summed E-state index contributed by atoms with van der Waals surface area (Å²) in [6, 6.07) is 15.0. The summed E-state index contributed by atoms with van der Waals surface area (Å²) in [6.07, 6.45) is 3.16. The third-order valence-corrected chi connectivity index (χ3v) is 4.56. The number of nitrogens with one attached hydrogen (secondary N) is 3. The molecule has 0 fully saturated rings. The van der Waals surface area contributed by atoms with Gasteiger partial charge >= 0.3 is 0 Å². The molecule has 154 valence electrons. The lowest BCUT2D eigenvalue weighted by molar-refractivity contribution is 0.101. The van der Waals surface area contributed by atoms with Gasteiger partial charge in [-0.25, -0.2) is 0 Å². The summed E-state index contributed by atoms with van der Waals surface area (Å²) in [5.74, 6) is -0.948. The Kier molecular flexibility index (Phi) is 6.89. The molecule has 3 N–H and O–H groups in total. The molecule has 0 aliphatic rings. The van der Waals surface area contributed by atoms with Gasteiger partial charge in [0.15, 0.2) is 0 Å². The molecule has 1 atom stereocenters. The van der Waals surface area contributed by atoms with Crippen LogP contribution in [0.2, 0.25) is 0 Å². The van der Waals surface area contributed by atoms with Crippen LogP contribution >= 0.6 is 0 Å². The maximum absolute atomic E-state index is 12.6. The van der Waals surface area contributed by atoms with Crippen molar-refractivity contribution in [1.29, 1.82) is 0 Å². The van der Waals surface area contributed by atoms with Crippen molar-refractivity contribution in [2.24, 2.45) is 0 Å². The van der Waals surface area contributed by atoms with Gasteiger partial charge < -0.3 is 20.5 Å². The van der Waals surface area contributed by atoms with Gasteiger partial charge in [0, 0.05) is 28.7 Å². The van der Waals surface area contributed by atoms with E-state index in [1.807, 2.05) is 0 Å². The van der Waals surface area contributed by atoms with Crippen LogP contribution in [-0.2, 0) is 11.1 Å². The Hall–Kier alpha value is -3.56. The molecule has 0 aliphatic heterocycles. The summed E-state index contributed by atoms with van der Waals surface area (Å²) in [4.78, 5) is 29.2. The van der Waals surface area contributed by atoms with Gasteiger partial charge in [0.25, 0.3) is 11.8 Å². The van der Waals surface area contributed by atoms with E-state index in [1.54, 1.807) is 73.9 Å². The number of hydrogen-bond acceptors (Lipinski definition) is 6. The zero-order valence-electron chi connectivity index (χ0n) is 16.0. The molecule has 3 rings (SSSR count). The largest absolute Gasteiger partial charge is 0.771 e. The number of benzene rings is 2.